The lowest BCUT2D eigenvalue weighted by Crippen LogP contribution is -2.37. The van der Waals surface area contributed by atoms with Crippen LogP contribution in [0.2, 0.25) is 0 Å². The molecular formula is C22H36N6O3. The molecule has 0 saturated heterocycles. The SMILES string of the molecule is Cc1nc(/C(N)=C(\COC(=O)N(C)C2CCCC2)N(C)N)cnc1OC1CCCCC1. The first kappa shape index (κ1) is 23.1. The first-order valence-corrected chi connectivity index (χ1v) is 11.2. The summed E-state index contributed by atoms with van der Waals surface area (Å²) in [4.78, 5) is 23.1. The summed E-state index contributed by atoms with van der Waals surface area (Å²) in [6.45, 7) is 1.81. The van der Waals surface area contributed by atoms with E-state index in [1.165, 1.54) is 24.3 Å². The molecule has 0 aliphatic heterocycles. The molecule has 172 valence electrons. The molecular weight excluding hydrogens is 396 g/mol. The van der Waals surface area contributed by atoms with E-state index in [9.17, 15) is 4.79 Å². The van der Waals surface area contributed by atoms with E-state index in [4.69, 9.17) is 21.1 Å². The smallest absolute Gasteiger partial charge is 0.410 e. The first-order chi connectivity index (χ1) is 14.9. The van der Waals surface area contributed by atoms with Crippen molar-refractivity contribution in [1.82, 2.24) is 19.9 Å². The molecule has 31 heavy (non-hydrogen) atoms. The molecule has 1 aromatic rings. The van der Waals surface area contributed by atoms with E-state index in [0.717, 1.165) is 38.5 Å². The van der Waals surface area contributed by atoms with Crippen molar-refractivity contribution in [2.75, 3.05) is 20.7 Å². The average molecular weight is 433 g/mol. The zero-order chi connectivity index (χ0) is 22.4. The Labute approximate surface area is 184 Å². The lowest BCUT2D eigenvalue weighted by molar-refractivity contribution is 0.0999. The molecule has 0 aromatic carbocycles. The number of aromatic nitrogens is 2. The maximum absolute atomic E-state index is 12.4. The van der Waals surface area contributed by atoms with Gasteiger partial charge in [-0.2, -0.15) is 0 Å². The third-order valence-corrected chi connectivity index (χ3v) is 6.24. The summed E-state index contributed by atoms with van der Waals surface area (Å²) in [5, 5.41) is 1.35. The molecule has 2 aliphatic carbocycles. The minimum atomic E-state index is -0.377. The molecule has 2 fully saturated rings. The van der Waals surface area contributed by atoms with E-state index < -0.39 is 0 Å². The van der Waals surface area contributed by atoms with Gasteiger partial charge in [-0.3, -0.25) is 0 Å². The highest BCUT2D eigenvalue weighted by molar-refractivity contribution is 5.69. The Balaban J connectivity index is 1.68. The second-order valence-electron chi connectivity index (χ2n) is 8.60. The van der Waals surface area contributed by atoms with Crippen LogP contribution in [0.25, 0.3) is 5.70 Å². The van der Waals surface area contributed by atoms with Crippen LogP contribution in [-0.4, -0.2) is 58.8 Å². The van der Waals surface area contributed by atoms with Gasteiger partial charge in [0.05, 0.1) is 17.6 Å². The molecule has 0 bridgehead atoms. The summed E-state index contributed by atoms with van der Waals surface area (Å²) in [6, 6.07) is 0.234. The number of hydrogen-bond acceptors (Lipinski definition) is 8. The minimum Gasteiger partial charge on any atom is -0.473 e. The van der Waals surface area contributed by atoms with E-state index in [-0.39, 0.29) is 24.8 Å². The van der Waals surface area contributed by atoms with E-state index >= 15 is 0 Å². The molecule has 4 N–H and O–H groups in total. The van der Waals surface area contributed by atoms with Crippen LogP contribution in [0.3, 0.4) is 0 Å². The van der Waals surface area contributed by atoms with Gasteiger partial charge in [-0.05, 0) is 45.4 Å². The Morgan fingerprint density at radius 2 is 1.77 bits per heavy atom. The topological polar surface area (TPSA) is 120 Å². The molecule has 9 heteroatoms. The van der Waals surface area contributed by atoms with Gasteiger partial charge in [0.25, 0.3) is 0 Å². The molecule has 2 aliphatic rings. The fraction of sp³-hybridized carbons (Fsp3) is 0.682. The van der Waals surface area contributed by atoms with Crippen molar-refractivity contribution >= 4 is 11.8 Å². The van der Waals surface area contributed by atoms with Gasteiger partial charge >= 0.3 is 6.09 Å². The Bertz CT molecular complexity index is 785. The first-order valence-electron chi connectivity index (χ1n) is 11.2. The Morgan fingerprint density at radius 1 is 1.13 bits per heavy atom. The van der Waals surface area contributed by atoms with Crippen LogP contribution in [0.5, 0.6) is 5.88 Å². The zero-order valence-electron chi connectivity index (χ0n) is 19.0. The summed E-state index contributed by atoms with van der Waals surface area (Å²) in [5.41, 5.74) is 8.26. The molecule has 0 spiro atoms. The molecule has 3 rings (SSSR count). The second kappa shape index (κ2) is 10.7. The van der Waals surface area contributed by atoms with Crippen LogP contribution < -0.4 is 16.3 Å². The number of carbonyl (C=O) groups is 1. The summed E-state index contributed by atoms with van der Waals surface area (Å²) >= 11 is 0. The lowest BCUT2D eigenvalue weighted by atomic mass is 9.98. The van der Waals surface area contributed by atoms with Crippen molar-refractivity contribution in [2.45, 2.75) is 76.9 Å². The van der Waals surface area contributed by atoms with E-state index in [0.29, 0.717) is 28.7 Å². The van der Waals surface area contributed by atoms with Crippen molar-refractivity contribution in [2.24, 2.45) is 11.6 Å². The van der Waals surface area contributed by atoms with Gasteiger partial charge in [-0.25, -0.2) is 20.6 Å². The van der Waals surface area contributed by atoms with Crippen molar-refractivity contribution in [3.05, 3.63) is 23.3 Å². The van der Waals surface area contributed by atoms with Gasteiger partial charge in [0.1, 0.15) is 24.1 Å². The molecule has 1 heterocycles. The number of carbonyl (C=O) groups excluding carboxylic acids is 1. The standard InChI is InChI=1S/C22H36N6O3/c1-15-21(31-17-11-5-4-6-12-17)25-13-18(26-15)20(23)19(28(3)24)14-30-22(29)27(2)16-9-7-8-10-16/h13,16-17H,4-12,14,23-24H2,1-3H3/b20-19-. The number of hydrogen-bond donors (Lipinski definition) is 2. The lowest BCUT2D eigenvalue weighted by Gasteiger charge is -2.25. The normalized spacial score (nSPS) is 18.5. The average Bonchev–Trinajstić information content (AvgIpc) is 3.30. The highest BCUT2D eigenvalue weighted by Gasteiger charge is 2.25. The predicted molar refractivity (Wildman–Crippen MR) is 119 cm³/mol. The number of likely N-dealkylation sites (N-methyl/N-ethyl adjacent to an activating group) is 1. The van der Waals surface area contributed by atoms with Crippen molar-refractivity contribution in [3.8, 4) is 5.88 Å². The fourth-order valence-corrected chi connectivity index (χ4v) is 4.25. The highest BCUT2D eigenvalue weighted by atomic mass is 16.6. The Morgan fingerprint density at radius 3 is 2.39 bits per heavy atom. The van der Waals surface area contributed by atoms with Crippen LogP contribution in [0.4, 0.5) is 4.79 Å². The van der Waals surface area contributed by atoms with Gasteiger partial charge in [0.2, 0.25) is 5.88 Å². The number of hydrazine groups is 1. The molecule has 1 aromatic heterocycles. The Kier molecular flexibility index (Phi) is 7.95. The molecule has 0 radical (unpaired) electrons. The number of nitrogens with zero attached hydrogens (tertiary/aromatic N) is 4. The van der Waals surface area contributed by atoms with E-state index in [1.54, 1.807) is 25.2 Å². The van der Waals surface area contributed by atoms with Gasteiger partial charge in [-0.1, -0.05) is 19.3 Å². The highest BCUT2D eigenvalue weighted by Crippen LogP contribution is 2.25. The second-order valence-corrected chi connectivity index (χ2v) is 8.60. The van der Waals surface area contributed by atoms with E-state index in [1.807, 2.05) is 6.92 Å². The van der Waals surface area contributed by atoms with Crippen LogP contribution in [-0.2, 0) is 4.74 Å². The van der Waals surface area contributed by atoms with Gasteiger partial charge < -0.3 is 25.1 Å². The molecule has 0 unspecified atom stereocenters. The maximum Gasteiger partial charge on any atom is 0.410 e. The summed E-state index contributed by atoms with van der Waals surface area (Å²) in [6.07, 6.45) is 11.4. The monoisotopic (exact) mass is 432 g/mol. The summed E-state index contributed by atoms with van der Waals surface area (Å²) in [7, 11) is 3.43. The third-order valence-electron chi connectivity index (χ3n) is 6.24. The third kappa shape index (κ3) is 6.00. The largest absolute Gasteiger partial charge is 0.473 e. The van der Waals surface area contributed by atoms with Crippen LogP contribution >= 0.6 is 0 Å². The summed E-state index contributed by atoms with van der Waals surface area (Å²) < 4.78 is 11.5. The van der Waals surface area contributed by atoms with Gasteiger partial charge in [-0.15, -0.1) is 0 Å². The number of amides is 1. The fourth-order valence-electron chi connectivity index (χ4n) is 4.25. The van der Waals surface area contributed by atoms with Crippen molar-refractivity contribution in [1.29, 1.82) is 0 Å². The molecule has 1 amide bonds. The van der Waals surface area contributed by atoms with Crippen molar-refractivity contribution in [3.63, 3.8) is 0 Å². The molecule has 2 saturated carbocycles. The zero-order valence-corrected chi connectivity index (χ0v) is 19.0. The molecule has 9 nitrogen and oxygen atoms in total. The predicted octanol–water partition coefficient (Wildman–Crippen LogP) is 2.94. The minimum absolute atomic E-state index is 0.0459. The van der Waals surface area contributed by atoms with E-state index in [2.05, 4.69) is 9.97 Å². The van der Waals surface area contributed by atoms with Crippen LogP contribution in [0, 0.1) is 6.92 Å². The van der Waals surface area contributed by atoms with Crippen LogP contribution in [0.15, 0.2) is 11.9 Å². The number of rotatable bonds is 7. The quantitative estimate of drug-likeness (QED) is 0.498. The van der Waals surface area contributed by atoms with Crippen molar-refractivity contribution < 1.29 is 14.3 Å². The van der Waals surface area contributed by atoms with Gasteiger partial charge in [0.15, 0.2) is 0 Å². The van der Waals surface area contributed by atoms with Crippen LogP contribution in [0.1, 0.15) is 69.2 Å². The number of nitrogens with two attached hydrogens (primary N) is 2. The maximum atomic E-state index is 12.4. The number of aryl methyl sites for hydroxylation is 1. The molecule has 0 atom stereocenters. The van der Waals surface area contributed by atoms with Gasteiger partial charge in [0, 0.05) is 20.1 Å². The Hall–Kier alpha value is -2.55. The summed E-state index contributed by atoms with van der Waals surface area (Å²) in [5.74, 6) is 6.51. The number of ether oxygens (including phenoxy) is 2.